The van der Waals surface area contributed by atoms with Gasteiger partial charge in [0.25, 0.3) is 0 Å². The minimum Gasteiger partial charge on any atom is -0.361 e. The summed E-state index contributed by atoms with van der Waals surface area (Å²) in [4.78, 5) is 30.2. The van der Waals surface area contributed by atoms with Crippen LogP contribution in [0, 0.1) is 11.8 Å². The van der Waals surface area contributed by atoms with E-state index in [1.165, 1.54) is 12.8 Å². The molecule has 0 bridgehead atoms. The SMILES string of the molecule is O=C(NCC1CC1)C1CCCN(C(=O)Cc2c[nH]c3ccccc23)C1. The zero-order valence-electron chi connectivity index (χ0n) is 14.5. The maximum absolute atomic E-state index is 12.7. The van der Waals surface area contributed by atoms with E-state index in [1.54, 1.807) is 0 Å². The maximum Gasteiger partial charge on any atom is 0.227 e. The van der Waals surface area contributed by atoms with Crippen LogP contribution in [-0.2, 0) is 16.0 Å². The summed E-state index contributed by atoms with van der Waals surface area (Å²) in [5, 5.41) is 4.16. The first-order valence-corrected chi connectivity index (χ1v) is 9.31. The number of hydrogen-bond donors (Lipinski definition) is 2. The van der Waals surface area contributed by atoms with Crippen molar-refractivity contribution in [3.8, 4) is 0 Å². The van der Waals surface area contributed by atoms with Crippen LogP contribution in [0.3, 0.4) is 0 Å². The van der Waals surface area contributed by atoms with Gasteiger partial charge in [-0.2, -0.15) is 0 Å². The molecule has 1 aliphatic carbocycles. The third-order valence-corrected chi connectivity index (χ3v) is 5.42. The third kappa shape index (κ3) is 3.70. The second-order valence-electron chi connectivity index (χ2n) is 7.40. The standard InChI is InChI=1S/C20H25N3O2/c24-19(10-16-12-21-18-6-2-1-5-17(16)18)23-9-3-4-15(13-23)20(25)22-11-14-7-8-14/h1-2,5-6,12,14-15,21H,3-4,7-11,13H2,(H,22,25). The maximum atomic E-state index is 12.7. The van der Waals surface area contributed by atoms with Crippen molar-refractivity contribution in [2.75, 3.05) is 19.6 Å². The summed E-state index contributed by atoms with van der Waals surface area (Å²) < 4.78 is 0. The van der Waals surface area contributed by atoms with Gasteiger partial charge in [0.2, 0.25) is 11.8 Å². The van der Waals surface area contributed by atoms with Crippen molar-refractivity contribution in [3.63, 3.8) is 0 Å². The molecule has 5 heteroatoms. The van der Waals surface area contributed by atoms with Gasteiger partial charge < -0.3 is 15.2 Å². The molecule has 2 aliphatic rings. The fourth-order valence-corrected chi connectivity index (χ4v) is 3.68. The van der Waals surface area contributed by atoms with Gasteiger partial charge in [-0.1, -0.05) is 18.2 Å². The van der Waals surface area contributed by atoms with Crippen LogP contribution < -0.4 is 5.32 Å². The molecular weight excluding hydrogens is 314 g/mol. The van der Waals surface area contributed by atoms with Crippen molar-refractivity contribution < 1.29 is 9.59 Å². The Balaban J connectivity index is 1.37. The molecule has 2 aromatic rings. The number of rotatable bonds is 5. The average Bonchev–Trinajstić information content (AvgIpc) is 3.40. The molecule has 2 heterocycles. The molecule has 0 spiro atoms. The van der Waals surface area contributed by atoms with Crippen LogP contribution in [0.4, 0.5) is 0 Å². The highest BCUT2D eigenvalue weighted by molar-refractivity contribution is 5.89. The second kappa shape index (κ2) is 6.90. The molecule has 1 aromatic carbocycles. The quantitative estimate of drug-likeness (QED) is 0.879. The number of H-pyrrole nitrogens is 1. The Morgan fingerprint density at radius 3 is 2.88 bits per heavy atom. The van der Waals surface area contributed by atoms with E-state index in [2.05, 4.69) is 10.3 Å². The Morgan fingerprint density at radius 2 is 2.04 bits per heavy atom. The number of piperidine rings is 1. The molecule has 25 heavy (non-hydrogen) atoms. The zero-order chi connectivity index (χ0) is 17.2. The smallest absolute Gasteiger partial charge is 0.227 e. The number of hydrogen-bond acceptors (Lipinski definition) is 2. The number of fused-ring (bicyclic) bond motifs is 1. The predicted octanol–water partition coefficient (Wildman–Crippen LogP) is 2.48. The number of nitrogens with one attached hydrogen (secondary N) is 2. The molecule has 1 saturated carbocycles. The molecule has 1 aromatic heterocycles. The van der Waals surface area contributed by atoms with Crippen molar-refractivity contribution in [3.05, 3.63) is 36.0 Å². The van der Waals surface area contributed by atoms with Gasteiger partial charge in [-0.3, -0.25) is 9.59 Å². The van der Waals surface area contributed by atoms with Gasteiger partial charge >= 0.3 is 0 Å². The number of aromatic amines is 1. The Hall–Kier alpha value is -2.30. The second-order valence-corrected chi connectivity index (χ2v) is 7.40. The van der Waals surface area contributed by atoms with Crippen molar-refractivity contribution in [1.82, 2.24) is 15.2 Å². The Morgan fingerprint density at radius 1 is 1.20 bits per heavy atom. The van der Waals surface area contributed by atoms with E-state index in [0.29, 0.717) is 18.9 Å². The molecule has 1 saturated heterocycles. The number of carbonyl (C=O) groups excluding carboxylic acids is 2. The van der Waals surface area contributed by atoms with Gasteiger partial charge in [0.1, 0.15) is 0 Å². The highest BCUT2D eigenvalue weighted by Crippen LogP contribution is 2.28. The minimum absolute atomic E-state index is 0.0561. The molecule has 5 nitrogen and oxygen atoms in total. The fraction of sp³-hybridized carbons (Fsp3) is 0.500. The third-order valence-electron chi connectivity index (χ3n) is 5.42. The molecule has 0 radical (unpaired) electrons. The van der Waals surface area contributed by atoms with Gasteiger partial charge in [0, 0.05) is 36.7 Å². The van der Waals surface area contributed by atoms with E-state index >= 15 is 0 Å². The van der Waals surface area contributed by atoms with E-state index in [0.717, 1.165) is 42.4 Å². The normalized spacial score (nSPS) is 20.6. The Labute approximate surface area is 147 Å². The number of benzene rings is 1. The van der Waals surface area contributed by atoms with Crippen LogP contribution in [0.15, 0.2) is 30.5 Å². The highest BCUT2D eigenvalue weighted by Gasteiger charge is 2.30. The molecule has 4 rings (SSSR count). The minimum atomic E-state index is -0.0561. The van der Waals surface area contributed by atoms with E-state index in [9.17, 15) is 9.59 Å². The number of para-hydroxylation sites is 1. The topological polar surface area (TPSA) is 65.2 Å². The van der Waals surface area contributed by atoms with Crippen molar-refractivity contribution in [1.29, 1.82) is 0 Å². The summed E-state index contributed by atoms with van der Waals surface area (Å²) in [6.45, 7) is 2.11. The van der Waals surface area contributed by atoms with E-state index in [4.69, 9.17) is 0 Å². The first-order valence-electron chi connectivity index (χ1n) is 9.31. The Bertz CT molecular complexity index is 778. The largest absolute Gasteiger partial charge is 0.361 e. The van der Waals surface area contributed by atoms with Crippen molar-refractivity contribution in [2.45, 2.75) is 32.1 Å². The average molecular weight is 339 g/mol. The van der Waals surface area contributed by atoms with Crippen LogP contribution in [0.2, 0.25) is 0 Å². The molecule has 2 N–H and O–H groups in total. The summed E-state index contributed by atoms with van der Waals surface area (Å²) in [5.41, 5.74) is 2.09. The molecule has 2 amide bonds. The fourth-order valence-electron chi connectivity index (χ4n) is 3.68. The first kappa shape index (κ1) is 16.2. The van der Waals surface area contributed by atoms with Crippen LogP contribution >= 0.6 is 0 Å². The van der Waals surface area contributed by atoms with Crippen LogP contribution in [0.25, 0.3) is 10.9 Å². The van der Waals surface area contributed by atoms with E-state index in [1.807, 2.05) is 35.4 Å². The van der Waals surface area contributed by atoms with Gasteiger partial charge in [-0.15, -0.1) is 0 Å². The van der Waals surface area contributed by atoms with E-state index < -0.39 is 0 Å². The Kier molecular flexibility index (Phi) is 4.47. The lowest BCUT2D eigenvalue weighted by Gasteiger charge is -2.32. The highest BCUT2D eigenvalue weighted by atomic mass is 16.2. The number of amides is 2. The predicted molar refractivity (Wildman–Crippen MR) is 97.0 cm³/mol. The van der Waals surface area contributed by atoms with Gasteiger partial charge in [0.05, 0.1) is 12.3 Å². The first-order chi connectivity index (χ1) is 12.2. The van der Waals surface area contributed by atoms with Crippen LogP contribution in [-0.4, -0.2) is 41.3 Å². The summed E-state index contributed by atoms with van der Waals surface area (Å²) in [5.74, 6) is 0.868. The van der Waals surface area contributed by atoms with Crippen molar-refractivity contribution in [2.24, 2.45) is 11.8 Å². The lowest BCUT2D eigenvalue weighted by Crippen LogP contribution is -2.46. The summed E-state index contributed by atoms with van der Waals surface area (Å²) in [6, 6.07) is 8.04. The molecule has 1 aliphatic heterocycles. The molecule has 2 fully saturated rings. The lowest BCUT2D eigenvalue weighted by atomic mass is 9.96. The van der Waals surface area contributed by atoms with Gasteiger partial charge in [-0.05, 0) is 43.2 Å². The number of aromatic nitrogens is 1. The number of carbonyl (C=O) groups is 2. The molecular formula is C20H25N3O2. The van der Waals surface area contributed by atoms with E-state index in [-0.39, 0.29) is 17.7 Å². The molecule has 132 valence electrons. The summed E-state index contributed by atoms with van der Waals surface area (Å²) in [6.07, 6.45) is 6.57. The zero-order valence-corrected chi connectivity index (χ0v) is 14.5. The van der Waals surface area contributed by atoms with Gasteiger partial charge in [0.15, 0.2) is 0 Å². The van der Waals surface area contributed by atoms with Crippen LogP contribution in [0.5, 0.6) is 0 Å². The summed E-state index contributed by atoms with van der Waals surface area (Å²) >= 11 is 0. The monoisotopic (exact) mass is 339 g/mol. The summed E-state index contributed by atoms with van der Waals surface area (Å²) in [7, 11) is 0. The lowest BCUT2D eigenvalue weighted by molar-refractivity contribution is -0.135. The van der Waals surface area contributed by atoms with Crippen molar-refractivity contribution >= 4 is 22.7 Å². The molecule has 1 atom stereocenters. The number of nitrogens with zero attached hydrogens (tertiary/aromatic N) is 1. The number of likely N-dealkylation sites (tertiary alicyclic amines) is 1. The van der Waals surface area contributed by atoms with Gasteiger partial charge in [-0.25, -0.2) is 0 Å². The van der Waals surface area contributed by atoms with Crippen LogP contribution in [0.1, 0.15) is 31.2 Å². The molecule has 1 unspecified atom stereocenters.